The molecular weight excluding hydrogens is 316 g/mol. The maximum absolute atomic E-state index is 12.1. The number of carbonyl (C=O) groups is 4. The van der Waals surface area contributed by atoms with Crippen LogP contribution in [0.4, 0.5) is 0 Å². The maximum atomic E-state index is 12.1. The number of nitrogens with two attached hydrogens (primary N) is 2. The van der Waals surface area contributed by atoms with Crippen LogP contribution in [0.3, 0.4) is 0 Å². The third-order valence-electron chi connectivity index (χ3n) is 2.83. The number of nitrogens with one attached hydrogen (secondary N) is 2. The first-order valence-electron chi connectivity index (χ1n) is 7.67. The van der Waals surface area contributed by atoms with Gasteiger partial charge in [-0.3, -0.25) is 19.2 Å². The molecule has 0 unspecified atom stereocenters. The fraction of sp³-hybridized carbons (Fsp3) is 0.733. The van der Waals surface area contributed by atoms with Crippen molar-refractivity contribution >= 4 is 23.7 Å². The number of amides is 3. The van der Waals surface area contributed by atoms with Gasteiger partial charge in [-0.15, -0.1) is 0 Å². The van der Waals surface area contributed by atoms with Crippen LogP contribution in [0.2, 0.25) is 0 Å². The molecule has 0 heterocycles. The van der Waals surface area contributed by atoms with Gasteiger partial charge in [0.15, 0.2) is 0 Å². The molecule has 6 N–H and O–H groups in total. The normalized spacial score (nSPS) is 13.8. The average Bonchev–Trinajstić information content (AvgIpc) is 2.38. The Kier molecular flexibility index (Phi) is 8.38. The first-order chi connectivity index (χ1) is 10.8. The van der Waals surface area contributed by atoms with Gasteiger partial charge in [-0.1, -0.05) is 13.8 Å². The van der Waals surface area contributed by atoms with Crippen molar-refractivity contribution in [2.75, 3.05) is 6.54 Å². The maximum Gasteiger partial charge on any atom is 0.308 e. The average molecular weight is 344 g/mol. The zero-order valence-corrected chi connectivity index (χ0v) is 14.8. The summed E-state index contributed by atoms with van der Waals surface area (Å²) in [6.45, 7) is 8.21. The third-order valence-corrected chi connectivity index (χ3v) is 2.83. The van der Waals surface area contributed by atoms with Gasteiger partial charge in [0, 0.05) is 0 Å². The van der Waals surface area contributed by atoms with Crippen LogP contribution < -0.4 is 22.1 Å². The lowest BCUT2D eigenvalue weighted by molar-refractivity contribution is -0.156. The number of hydrogen-bond donors (Lipinski definition) is 4. The van der Waals surface area contributed by atoms with E-state index in [-0.39, 0.29) is 18.9 Å². The molecule has 138 valence electrons. The highest BCUT2D eigenvalue weighted by Crippen LogP contribution is 2.09. The largest absolute Gasteiger partial charge is 0.460 e. The minimum atomic E-state index is -1.15. The fourth-order valence-electron chi connectivity index (χ4n) is 1.73. The molecule has 0 spiro atoms. The van der Waals surface area contributed by atoms with E-state index in [0.717, 1.165) is 0 Å². The van der Waals surface area contributed by atoms with Gasteiger partial charge in [-0.05, 0) is 26.7 Å². The third kappa shape index (κ3) is 9.09. The van der Waals surface area contributed by atoms with Crippen LogP contribution in [0.1, 0.15) is 41.0 Å². The van der Waals surface area contributed by atoms with Crippen molar-refractivity contribution in [1.29, 1.82) is 0 Å². The van der Waals surface area contributed by atoms with Gasteiger partial charge in [-0.2, -0.15) is 0 Å². The summed E-state index contributed by atoms with van der Waals surface area (Å²) in [5.74, 6) is -2.77. The molecule has 0 radical (unpaired) electrons. The standard InChI is InChI=1S/C15H28N4O5/c1-8(2)12(14(23)18-7-10(17)20)19-13(22)9(16)6-11(21)24-15(3,4)5/h8-9,12H,6-7,16H2,1-5H3,(H2,17,20)(H,18,23)(H,19,22)/t9-,12-/m0/s1. The molecule has 0 saturated heterocycles. The number of hydrogen-bond acceptors (Lipinski definition) is 6. The number of carbonyl (C=O) groups excluding carboxylic acids is 4. The van der Waals surface area contributed by atoms with E-state index in [1.54, 1.807) is 34.6 Å². The lowest BCUT2D eigenvalue weighted by Gasteiger charge is -2.24. The lowest BCUT2D eigenvalue weighted by atomic mass is 10.0. The molecular formula is C15H28N4O5. The Bertz CT molecular complexity index is 485. The van der Waals surface area contributed by atoms with Crippen LogP contribution in [0.15, 0.2) is 0 Å². The molecule has 2 atom stereocenters. The highest BCUT2D eigenvalue weighted by molar-refractivity contribution is 5.93. The summed E-state index contributed by atoms with van der Waals surface area (Å²) >= 11 is 0. The van der Waals surface area contributed by atoms with Gasteiger partial charge in [0.05, 0.1) is 19.0 Å². The van der Waals surface area contributed by atoms with Gasteiger partial charge in [0.2, 0.25) is 17.7 Å². The van der Waals surface area contributed by atoms with Crippen LogP contribution in [-0.4, -0.2) is 47.9 Å². The van der Waals surface area contributed by atoms with E-state index in [1.165, 1.54) is 0 Å². The van der Waals surface area contributed by atoms with E-state index in [1.807, 2.05) is 0 Å². The van der Waals surface area contributed by atoms with E-state index in [9.17, 15) is 19.2 Å². The zero-order valence-electron chi connectivity index (χ0n) is 14.8. The molecule has 0 aromatic heterocycles. The van der Waals surface area contributed by atoms with Crippen molar-refractivity contribution in [2.45, 2.75) is 58.7 Å². The molecule has 0 rings (SSSR count). The summed E-state index contributed by atoms with van der Waals surface area (Å²) in [5.41, 5.74) is 9.97. The summed E-state index contributed by atoms with van der Waals surface area (Å²) in [7, 11) is 0. The van der Waals surface area contributed by atoms with E-state index in [0.29, 0.717) is 0 Å². The van der Waals surface area contributed by atoms with Crippen molar-refractivity contribution in [3.8, 4) is 0 Å². The van der Waals surface area contributed by atoms with Crippen molar-refractivity contribution in [3.05, 3.63) is 0 Å². The Balaban J connectivity index is 4.68. The summed E-state index contributed by atoms with van der Waals surface area (Å²) < 4.78 is 5.09. The van der Waals surface area contributed by atoms with Crippen molar-refractivity contribution < 1.29 is 23.9 Å². The number of primary amides is 1. The second kappa shape index (κ2) is 9.21. The van der Waals surface area contributed by atoms with Gasteiger partial charge in [-0.25, -0.2) is 0 Å². The van der Waals surface area contributed by atoms with Gasteiger partial charge < -0.3 is 26.8 Å². The zero-order chi connectivity index (χ0) is 19.1. The molecule has 0 bridgehead atoms. The lowest BCUT2D eigenvalue weighted by Crippen LogP contribution is -2.55. The Morgan fingerprint density at radius 3 is 2.04 bits per heavy atom. The summed E-state index contributed by atoms with van der Waals surface area (Å²) in [5, 5.41) is 4.79. The van der Waals surface area contributed by atoms with Gasteiger partial charge >= 0.3 is 5.97 Å². The van der Waals surface area contributed by atoms with Crippen LogP contribution in [0, 0.1) is 5.92 Å². The molecule has 24 heavy (non-hydrogen) atoms. The second-order valence-electron chi connectivity index (χ2n) is 6.81. The van der Waals surface area contributed by atoms with Crippen molar-refractivity contribution in [3.63, 3.8) is 0 Å². The van der Waals surface area contributed by atoms with Crippen LogP contribution in [0.5, 0.6) is 0 Å². The number of ether oxygens (including phenoxy) is 1. The molecule has 9 heteroatoms. The van der Waals surface area contributed by atoms with E-state index in [4.69, 9.17) is 16.2 Å². The minimum Gasteiger partial charge on any atom is -0.460 e. The number of rotatable bonds is 8. The molecule has 0 aromatic rings. The van der Waals surface area contributed by atoms with Crippen LogP contribution >= 0.6 is 0 Å². The molecule has 0 aliphatic heterocycles. The summed E-state index contributed by atoms with van der Waals surface area (Å²) in [4.78, 5) is 46.5. The van der Waals surface area contributed by atoms with Gasteiger partial charge in [0.1, 0.15) is 11.6 Å². The SMILES string of the molecule is CC(C)[C@H](NC(=O)[C@@H](N)CC(=O)OC(C)(C)C)C(=O)NCC(N)=O. The smallest absolute Gasteiger partial charge is 0.308 e. The Morgan fingerprint density at radius 1 is 1.08 bits per heavy atom. The predicted molar refractivity (Wildman–Crippen MR) is 87.4 cm³/mol. The van der Waals surface area contributed by atoms with Crippen LogP contribution in [-0.2, 0) is 23.9 Å². The highest BCUT2D eigenvalue weighted by atomic mass is 16.6. The van der Waals surface area contributed by atoms with E-state index < -0.39 is 41.4 Å². The summed E-state index contributed by atoms with van der Waals surface area (Å²) in [6.07, 6.45) is -0.309. The first kappa shape index (κ1) is 21.8. The van der Waals surface area contributed by atoms with Crippen molar-refractivity contribution in [1.82, 2.24) is 10.6 Å². The predicted octanol–water partition coefficient (Wildman–Crippen LogP) is -1.21. The molecule has 0 aromatic carbocycles. The number of esters is 1. The molecule has 9 nitrogen and oxygen atoms in total. The molecule has 3 amide bonds. The molecule has 0 aliphatic rings. The Hall–Kier alpha value is -2.16. The van der Waals surface area contributed by atoms with E-state index >= 15 is 0 Å². The molecule has 0 aliphatic carbocycles. The highest BCUT2D eigenvalue weighted by Gasteiger charge is 2.28. The molecule has 0 saturated carbocycles. The Morgan fingerprint density at radius 2 is 1.62 bits per heavy atom. The van der Waals surface area contributed by atoms with E-state index in [2.05, 4.69) is 10.6 Å². The Labute approximate surface area is 141 Å². The first-order valence-corrected chi connectivity index (χ1v) is 7.67. The topological polar surface area (TPSA) is 154 Å². The fourth-order valence-corrected chi connectivity index (χ4v) is 1.73. The molecule has 0 fully saturated rings. The van der Waals surface area contributed by atoms with Gasteiger partial charge in [0.25, 0.3) is 0 Å². The quantitative estimate of drug-likeness (QED) is 0.405. The van der Waals surface area contributed by atoms with Crippen molar-refractivity contribution in [2.24, 2.45) is 17.4 Å². The second-order valence-corrected chi connectivity index (χ2v) is 6.81. The minimum absolute atomic E-state index is 0.254. The van der Waals surface area contributed by atoms with Crippen LogP contribution in [0.25, 0.3) is 0 Å². The monoisotopic (exact) mass is 344 g/mol. The summed E-state index contributed by atoms with van der Waals surface area (Å²) in [6, 6.07) is -2.05.